The van der Waals surface area contributed by atoms with E-state index in [0.29, 0.717) is 17.2 Å². The Morgan fingerprint density at radius 1 is 1.00 bits per heavy atom. The zero-order valence-electron chi connectivity index (χ0n) is 16.3. The molecule has 0 aliphatic carbocycles. The number of fused-ring (bicyclic) bond motifs is 2. The van der Waals surface area contributed by atoms with Gasteiger partial charge in [-0.1, -0.05) is 42.5 Å². The van der Waals surface area contributed by atoms with Gasteiger partial charge in [-0.3, -0.25) is 0 Å². The van der Waals surface area contributed by atoms with Gasteiger partial charge in [0.15, 0.2) is 11.5 Å². The van der Waals surface area contributed by atoms with E-state index in [4.69, 9.17) is 14.5 Å². The second-order valence-corrected chi connectivity index (χ2v) is 7.03. The SMILES string of the molecule is Cn1c([C@@H](NC(=O)Nc2ccc3c(c2)OCO3)c2ccccc2)nc2ccccc21. The number of aryl methyl sites for hydroxylation is 1. The quantitative estimate of drug-likeness (QED) is 0.538. The minimum absolute atomic E-state index is 0.188. The van der Waals surface area contributed by atoms with Gasteiger partial charge in [-0.05, 0) is 29.8 Å². The maximum Gasteiger partial charge on any atom is 0.320 e. The van der Waals surface area contributed by atoms with Crippen LogP contribution in [-0.4, -0.2) is 22.4 Å². The standard InChI is InChI=1S/C23H20N4O3/c1-27-18-10-6-5-9-17(18)25-22(27)21(15-7-3-2-4-8-15)26-23(28)24-16-11-12-19-20(13-16)30-14-29-19/h2-13,21H,14H2,1H3,(H2,24,26,28)/t21-/m0/s1. The average Bonchev–Trinajstić information content (AvgIpc) is 3.37. The van der Waals surface area contributed by atoms with Gasteiger partial charge in [0.25, 0.3) is 0 Å². The van der Waals surface area contributed by atoms with Crippen LogP contribution in [0.3, 0.4) is 0 Å². The van der Waals surface area contributed by atoms with E-state index in [-0.39, 0.29) is 12.8 Å². The van der Waals surface area contributed by atoms with Crippen molar-refractivity contribution in [3.05, 3.63) is 84.2 Å². The molecule has 0 unspecified atom stereocenters. The summed E-state index contributed by atoms with van der Waals surface area (Å²) in [7, 11) is 1.96. The summed E-state index contributed by atoms with van der Waals surface area (Å²) in [6.45, 7) is 0.188. The fraction of sp³-hybridized carbons (Fsp3) is 0.130. The molecule has 150 valence electrons. The molecule has 30 heavy (non-hydrogen) atoms. The van der Waals surface area contributed by atoms with E-state index >= 15 is 0 Å². The zero-order chi connectivity index (χ0) is 20.5. The lowest BCUT2D eigenvalue weighted by molar-refractivity contribution is 0.174. The van der Waals surface area contributed by atoms with E-state index < -0.39 is 6.04 Å². The van der Waals surface area contributed by atoms with Gasteiger partial charge in [0.1, 0.15) is 11.9 Å². The first kappa shape index (κ1) is 18.1. The smallest absolute Gasteiger partial charge is 0.320 e. The first-order chi connectivity index (χ1) is 14.7. The van der Waals surface area contributed by atoms with Gasteiger partial charge in [-0.15, -0.1) is 0 Å². The van der Waals surface area contributed by atoms with Crippen molar-refractivity contribution in [2.75, 3.05) is 12.1 Å². The fourth-order valence-electron chi connectivity index (χ4n) is 3.64. The van der Waals surface area contributed by atoms with Gasteiger partial charge in [-0.25, -0.2) is 9.78 Å². The second kappa shape index (κ2) is 7.44. The summed E-state index contributed by atoms with van der Waals surface area (Å²) < 4.78 is 12.7. The molecule has 2 heterocycles. The van der Waals surface area contributed by atoms with Crippen molar-refractivity contribution in [1.82, 2.24) is 14.9 Å². The number of ether oxygens (including phenoxy) is 2. The Morgan fingerprint density at radius 3 is 2.60 bits per heavy atom. The van der Waals surface area contributed by atoms with Gasteiger partial charge in [0.2, 0.25) is 6.79 Å². The number of para-hydroxylation sites is 2. The van der Waals surface area contributed by atoms with Gasteiger partial charge in [-0.2, -0.15) is 0 Å². The van der Waals surface area contributed by atoms with Crippen LogP contribution < -0.4 is 20.1 Å². The van der Waals surface area contributed by atoms with Crippen LogP contribution >= 0.6 is 0 Å². The van der Waals surface area contributed by atoms with Gasteiger partial charge >= 0.3 is 6.03 Å². The molecular formula is C23H20N4O3. The second-order valence-electron chi connectivity index (χ2n) is 7.03. The normalized spacial score (nSPS) is 13.2. The molecule has 0 saturated carbocycles. The molecule has 7 heteroatoms. The van der Waals surface area contributed by atoms with Crippen LogP contribution in [0.25, 0.3) is 11.0 Å². The first-order valence-electron chi connectivity index (χ1n) is 9.62. The zero-order valence-corrected chi connectivity index (χ0v) is 16.3. The van der Waals surface area contributed by atoms with Crippen LogP contribution in [0.5, 0.6) is 11.5 Å². The predicted molar refractivity (Wildman–Crippen MR) is 114 cm³/mol. The van der Waals surface area contributed by atoms with Crippen molar-refractivity contribution < 1.29 is 14.3 Å². The number of hydrogen-bond donors (Lipinski definition) is 2. The number of aromatic nitrogens is 2. The fourth-order valence-corrected chi connectivity index (χ4v) is 3.64. The summed E-state index contributed by atoms with van der Waals surface area (Å²) in [5.74, 6) is 2.04. The third kappa shape index (κ3) is 3.30. The van der Waals surface area contributed by atoms with Gasteiger partial charge < -0.3 is 24.7 Å². The molecule has 1 aliphatic rings. The lowest BCUT2D eigenvalue weighted by atomic mass is 10.1. The van der Waals surface area contributed by atoms with Gasteiger partial charge in [0.05, 0.1) is 11.0 Å². The Kier molecular flexibility index (Phi) is 4.48. The topological polar surface area (TPSA) is 77.4 Å². The number of nitrogens with one attached hydrogen (secondary N) is 2. The lowest BCUT2D eigenvalue weighted by Crippen LogP contribution is -2.34. The van der Waals surface area contributed by atoms with Crippen molar-refractivity contribution in [2.24, 2.45) is 7.05 Å². The summed E-state index contributed by atoms with van der Waals surface area (Å²) in [6, 6.07) is 22.2. The third-order valence-electron chi connectivity index (χ3n) is 5.12. The van der Waals surface area contributed by atoms with Crippen LogP contribution in [0.1, 0.15) is 17.4 Å². The molecule has 0 spiro atoms. The summed E-state index contributed by atoms with van der Waals surface area (Å²) in [5.41, 5.74) is 3.45. The first-order valence-corrected chi connectivity index (χ1v) is 9.62. The van der Waals surface area contributed by atoms with Gasteiger partial charge in [0, 0.05) is 18.8 Å². The van der Waals surface area contributed by atoms with E-state index in [1.54, 1.807) is 18.2 Å². The number of imidazole rings is 1. The Balaban J connectivity index is 1.45. The maximum absolute atomic E-state index is 12.9. The molecule has 3 aromatic carbocycles. The number of amides is 2. The lowest BCUT2D eigenvalue weighted by Gasteiger charge is -2.19. The van der Waals surface area contributed by atoms with Crippen LogP contribution in [0.2, 0.25) is 0 Å². The van der Waals surface area contributed by atoms with Crippen LogP contribution in [-0.2, 0) is 7.05 Å². The van der Waals surface area contributed by atoms with Crippen LogP contribution in [0, 0.1) is 0 Å². The number of urea groups is 1. The number of benzene rings is 3. The molecule has 1 atom stereocenters. The molecule has 2 amide bonds. The number of carbonyl (C=O) groups is 1. The highest BCUT2D eigenvalue weighted by atomic mass is 16.7. The molecule has 4 aromatic rings. The number of anilines is 1. The molecule has 1 aromatic heterocycles. The van der Waals surface area contributed by atoms with E-state index in [2.05, 4.69) is 10.6 Å². The Hall–Kier alpha value is -4.00. The molecule has 5 rings (SSSR count). The van der Waals surface area contributed by atoms with Crippen molar-refractivity contribution in [1.29, 1.82) is 0 Å². The predicted octanol–water partition coefficient (Wildman–Crippen LogP) is 4.21. The van der Waals surface area contributed by atoms with E-state index in [9.17, 15) is 4.79 Å². The van der Waals surface area contributed by atoms with Crippen LogP contribution in [0.15, 0.2) is 72.8 Å². The molecular weight excluding hydrogens is 380 g/mol. The van der Waals surface area contributed by atoms with Crippen molar-refractivity contribution >= 4 is 22.8 Å². The summed E-state index contributed by atoms with van der Waals surface area (Å²) in [4.78, 5) is 17.6. The van der Waals surface area contributed by atoms with Crippen molar-refractivity contribution in [3.63, 3.8) is 0 Å². The molecule has 0 radical (unpaired) electrons. The highest BCUT2D eigenvalue weighted by Crippen LogP contribution is 2.34. The molecule has 0 saturated heterocycles. The minimum Gasteiger partial charge on any atom is -0.454 e. The third-order valence-corrected chi connectivity index (χ3v) is 5.12. The van der Waals surface area contributed by atoms with E-state index in [1.807, 2.05) is 66.2 Å². The molecule has 7 nitrogen and oxygen atoms in total. The largest absolute Gasteiger partial charge is 0.454 e. The van der Waals surface area contributed by atoms with Crippen molar-refractivity contribution in [3.8, 4) is 11.5 Å². The Bertz CT molecular complexity index is 1220. The average molecular weight is 400 g/mol. The number of carbonyl (C=O) groups excluding carboxylic acids is 1. The van der Waals surface area contributed by atoms with E-state index in [0.717, 1.165) is 22.4 Å². The summed E-state index contributed by atoms with van der Waals surface area (Å²) >= 11 is 0. The molecule has 1 aliphatic heterocycles. The molecule has 0 fully saturated rings. The Morgan fingerprint density at radius 2 is 1.77 bits per heavy atom. The number of hydrogen-bond acceptors (Lipinski definition) is 4. The number of nitrogens with zero attached hydrogens (tertiary/aromatic N) is 2. The highest BCUT2D eigenvalue weighted by molar-refractivity contribution is 5.90. The summed E-state index contributed by atoms with van der Waals surface area (Å²) in [5, 5.41) is 5.93. The Labute approximate surface area is 173 Å². The van der Waals surface area contributed by atoms with Crippen LogP contribution in [0.4, 0.5) is 10.5 Å². The molecule has 0 bridgehead atoms. The maximum atomic E-state index is 12.9. The van der Waals surface area contributed by atoms with Crippen molar-refractivity contribution in [2.45, 2.75) is 6.04 Å². The number of rotatable bonds is 4. The highest BCUT2D eigenvalue weighted by Gasteiger charge is 2.23. The molecule has 2 N–H and O–H groups in total. The monoisotopic (exact) mass is 400 g/mol. The summed E-state index contributed by atoms with van der Waals surface area (Å²) in [6.07, 6.45) is 0. The minimum atomic E-state index is -0.419. The van der Waals surface area contributed by atoms with E-state index in [1.165, 1.54) is 0 Å².